The average Bonchev–Trinajstić information content (AvgIpc) is 2.60. The summed E-state index contributed by atoms with van der Waals surface area (Å²) in [6.45, 7) is 3.64. The Morgan fingerprint density at radius 1 is 0.923 bits per heavy atom. The molecule has 0 bridgehead atoms. The van der Waals surface area contributed by atoms with Gasteiger partial charge < -0.3 is 10.2 Å². The van der Waals surface area contributed by atoms with Gasteiger partial charge in [0, 0.05) is 12.0 Å². The molecule has 0 amide bonds. The minimum absolute atomic E-state index is 0.0962. The summed E-state index contributed by atoms with van der Waals surface area (Å²) in [5.74, 6) is -1.13. The predicted molar refractivity (Wildman–Crippen MR) is 107 cm³/mol. The van der Waals surface area contributed by atoms with E-state index in [9.17, 15) is 14.7 Å². The zero-order chi connectivity index (χ0) is 19.6. The van der Waals surface area contributed by atoms with Gasteiger partial charge in [0.2, 0.25) is 0 Å². The van der Waals surface area contributed by atoms with Crippen LogP contribution in [0.2, 0.25) is 0 Å². The van der Waals surface area contributed by atoms with E-state index in [0.717, 1.165) is 57.8 Å². The maximum Gasteiger partial charge on any atom is 0.331 e. The SMILES string of the molecule is CCCCCC[C@@H](O)C/C=C\CCCCCCCC(=O)/C=C(\C)C(=O)O. The molecule has 0 aliphatic rings. The van der Waals surface area contributed by atoms with E-state index in [1.54, 1.807) is 0 Å². The van der Waals surface area contributed by atoms with Gasteiger partial charge in [0.25, 0.3) is 0 Å². The topological polar surface area (TPSA) is 74.6 Å². The maximum absolute atomic E-state index is 11.5. The fourth-order valence-corrected chi connectivity index (χ4v) is 2.76. The van der Waals surface area contributed by atoms with E-state index in [2.05, 4.69) is 19.1 Å². The Labute approximate surface area is 159 Å². The van der Waals surface area contributed by atoms with Crippen molar-refractivity contribution < 1.29 is 19.8 Å². The van der Waals surface area contributed by atoms with Crippen LogP contribution in [-0.4, -0.2) is 28.1 Å². The third-order valence-corrected chi connectivity index (χ3v) is 4.47. The number of unbranched alkanes of at least 4 members (excludes halogenated alkanes) is 8. The molecule has 0 radical (unpaired) electrons. The summed E-state index contributed by atoms with van der Waals surface area (Å²) in [7, 11) is 0. The molecule has 1 atom stereocenters. The lowest BCUT2D eigenvalue weighted by Gasteiger charge is -2.07. The number of rotatable bonds is 17. The minimum Gasteiger partial charge on any atom is -0.478 e. The molecule has 0 rings (SSSR count). The Morgan fingerprint density at radius 3 is 2.27 bits per heavy atom. The molecule has 4 heteroatoms. The van der Waals surface area contributed by atoms with Crippen molar-refractivity contribution in [3.05, 3.63) is 23.8 Å². The van der Waals surface area contributed by atoms with E-state index < -0.39 is 5.97 Å². The Kier molecular flexibility index (Phi) is 16.1. The van der Waals surface area contributed by atoms with Crippen LogP contribution in [0.1, 0.15) is 97.3 Å². The van der Waals surface area contributed by atoms with Crippen molar-refractivity contribution >= 4 is 11.8 Å². The van der Waals surface area contributed by atoms with Crippen molar-refractivity contribution in [1.82, 2.24) is 0 Å². The first-order valence-electron chi connectivity index (χ1n) is 10.2. The van der Waals surface area contributed by atoms with Gasteiger partial charge in [0.15, 0.2) is 5.78 Å². The predicted octanol–water partition coefficient (Wildman–Crippen LogP) is 5.59. The summed E-state index contributed by atoms with van der Waals surface area (Å²) >= 11 is 0. The van der Waals surface area contributed by atoms with Crippen molar-refractivity contribution in [1.29, 1.82) is 0 Å². The number of allylic oxidation sites excluding steroid dienone is 2. The maximum atomic E-state index is 11.5. The van der Waals surface area contributed by atoms with Crippen molar-refractivity contribution in [2.45, 2.75) is 103 Å². The first-order chi connectivity index (χ1) is 12.5. The van der Waals surface area contributed by atoms with E-state index in [4.69, 9.17) is 5.11 Å². The molecule has 0 spiro atoms. The molecule has 0 aromatic carbocycles. The molecule has 2 N–H and O–H groups in total. The second-order valence-corrected chi connectivity index (χ2v) is 7.12. The number of carboxylic acid groups (broad SMARTS) is 1. The van der Waals surface area contributed by atoms with E-state index >= 15 is 0 Å². The van der Waals surface area contributed by atoms with E-state index in [0.29, 0.717) is 6.42 Å². The summed E-state index contributed by atoms with van der Waals surface area (Å²) in [5.41, 5.74) is 0.105. The van der Waals surface area contributed by atoms with Crippen LogP contribution in [0.4, 0.5) is 0 Å². The zero-order valence-electron chi connectivity index (χ0n) is 16.7. The van der Waals surface area contributed by atoms with Crippen LogP contribution in [0, 0.1) is 0 Å². The summed E-state index contributed by atoms with van der Waals surface area (Å²) in [6.07, 6.45) is 18.5. The van der Waals surface area contributed by atoms with Crippen molar-refractivity contribution in [3.8, 4) is 0 Å². The molecule has 0 saturated carbocycles. The molecule has 4 nitrogen and oxygen atoms in total. The van der Waals surface area contributed by atoms with E-state index in [1.807, 2.05) is 0 Å². The van der Waals surface area contributed by atoms with Crippen molar-refractivity contribution in [2.75, 3.05) is 0 Å². The fraction of sp³-hybridized carbons (Fsp3) is 0.727. The van der Waals surface area contributed by atoms with Crippen LogP contribution in [0.15, 0.2) is 23.8 Å². The van der Waals surface area contributed by atoms with Crippen LogP contribution >= 0.6 is 0 Å². The fourth-order valence-electron chi connectivity index (χ4n) is 2.76. The lowest BCUT2D eigenvalue weighted by atomic mass is 10.1. The van der Waals surface area contributed by atoms with E-state index in [-0.39, 0.29) is 17.5 Å². The molecule has 0 heterocycles. The van der Waals surface area contributed by atoms with Gasteiger partial charge in [-0.15, -0.1) is 0 Å². The molecular weight excluding hydrogens is 328 g/mol. The molecule has 0 aliphatic heterocycles. The number of carbonyl (C=O) groups is 2. The van der Waals surface area contributed by atoms with Crippen LogP contribution in [0.25, 0.3) is 0 Å². The molecular formula is C22H38O4. The first kappa shape index (κ1) is 24.6. The normalized spacial score (nSPS) is 13.3. The molecule has 150 valence electrons. The lowest BCUT2D eigenvalue weighted by Crippen LogP contribution is -2.04. The summed E-state index contributed by atoms with van der Waals surface area (Å²) in [6, 6.07) is 0. The number of aliphatic hydroxyl groups is 1. The number of aliphatic hydroxyl groups excluding tert-OH is 1. The number of ketones is 1. The zero-order valence-corrected chi connectivity index (χ0v) is 16.7. The van der Waals surface area contributed by atoms with Gasteiger partial charge in [0.05, 0.1) is 6.10 Å². The summed E-state index contributed by atoms with van der Waals surface area (Å²) in [4.78, 5) is 22.2. The molecule has 0 aliphatic carbocycles. The highest BCUT2D eigenvalue weighted by Gasteiger charge is 2.04. The average molecular weight is 367 g/mol. The highest BCUT2D eigenvalue weighted by atomic mass is 16.4. The van der Waals surface area contributed by atoms with Crippen LogP contribution in [-0.2, 0) is 9.59 Å². The van der Waals surface area contributed by atoms with Gasteiger partial charge in [-0.3, -0.25) is 4.79 Å². The first-order valence-corrected chi connectivity index (χ1v) is 10.2. The Hall–Kier alpha value is -1.42. The number of hydrogen-bond acceptors (Lipinski definition) is 3. The van der Waals surface area contributed by atoms with Gasteiger partial charge >= 0.3 is 5.97 Å². The summed E-state index contributed by atoms with van der Waals surface area (Å²) in [5, 5.41) is 18.6. The number of carboxylic acids is 1. The van der Waals surface area contributed by atoms with E-state index in [1.165, 1.54) is 32.3 Å². The van der Waals surface area contributed by atoms with Crippen LogP contribution in [0.5, 0.6) is 0 Å². The monoisotopic (exact) mass is 366 g/mol. The van der Waals surface area contributed by atoms with Gasteiger partial charge in [-0.2, -0.15) is 0 Å². The highest BCUT2D eigenvalue weighted by Crippen LogP contribution is 2.11. The van der Waals surface area contributed by atoms with Crippen molar-refractivity contribution in [2.24, 2.45) is 0 Å². The molecule has 26 heavy (non-hydrogen) atoms. The number of hydrogen-bond donors (Lipinski definition) is 2. The van der Waals surface area contributed by atoms with Gasteiger partial charge in [0.1, 0.15) is 0 Å². The second kappa shape index (κ2) is 17.0. The van der Waals surface area contributed by atoms with Crippen LogP contribution in [0.3, 0.4) is 0 Å². The molecule has 0 aromatic rings. The summed E-state index contributed by atoms with van der Waals surface area (Å²) < 4.78 is 0. The quantitative estimate of drug-likeness (QED) is 0.200. The van der Waals surface area contributed by atoms with Gasteiger partial charge in [-0.25, -0.2) is 4.79 Å². The lowest BCUT2D eigenvalue weighted by molar-refractivity contribution is -0.132. The molecule has 0 fully saturated rings. The third kappa shape index (κ3) is 16.1. The smallest absolute Gasteiger partial charge is 0.331 e. The van der Waals surface area contributed by atoms with Crippen molar-refractivity contribution in [3.63, 3.8) is 0 Å². The van der Waals surface area contributed by atoms with Gasteiger partial charge in [-0.05, 0) is 45.1 Å². The number of aliphatic carboxylic acids is 1. The molecule has 0 aromatic heterocycles. The largest absolute Gasteiger partial charge is 0.478 e. The Bertz CT molecular complexity index is 437. The highest BCUT2D eigenvalue weighted by molar-refractivity contribution is 5.98. The molecule has 0 unspecified atom stereocenters. The number of carbonyl (C=O) groups excluding carboxylic acids is 1. The standard InChI is InChI=1S/C22H38O4/c1-3-4-5-12-15-20(23)16-13-10-8-6-7-9-11-14-17-21(24)18-19(2)22(25)26/h10,13,18,20,23H,3-9,11-12,14-17H2,1-2H3,(H,25,26)/b13-10-,19-18+/t20-/m1/s1. The van der Waals surface area contributed by atoms with Crippen LogP contribution < -0.4 is 0 Å². The molecule has 0 saturated heterocycles. The third-order valence-electron chi connectivity index (χ3n) is 4.47. The Balaban J connectivity index is 3.49. The minimum atomic E-state index is -1.03. The van der Waals surface area contributed by atoms with Gasteiger partial charge in [-0.1, -0.05) is 64.0 Å². The second-order valence-electron chi connectivity index (χ2n) is 7.12. The Morgan fingerprint density at radius 2 is 1.58 bits per heavy atom.